The van der Waals surface area contributed by atoms with Crippen LogP contribution in [0.5, 0.6) is 0 Å². The summed E-state index contributed by atoms with van der Waals surface area (Å²) in [6.45, 7) is 1.68. The van der Waals surface area contributed by atoms with Crippen molar-refractivity contribution in [2.45, 2.75) is 11.8 Å². The van der Waals surface area contributed by atoms with E-state index in [9.17, 15) is 13.2 Å². The van der Waals surface area contributed by atoms with Gasteiger partial charge in [0.25, 0.3) is 0 Å². The van der Waals surface area contributed by atoms with Crippen LogP contribution in [0.1, 0.15) is 5.76 Å². The van der Waals surface area contributed by atoms with Crippen LogP contribution in [-0.2, 0) is 14.6 Å². The summed E-state index contributed by atoms with van der Waals surface area (Å²) in [7, 11) is -3.73. The first-order chi connectivity index (χ1) is 10.9. The third-order valence-electron chi connectivity index (χ3n) is 3.30. The predicted octanol–water partition coefficient (Wildman–Crippen LogP) is 2.55. The molecular formula is C16H14N2O4S. The number of anilines is 1. The molecule has 2 aromatic carbocycles. The fourth-order valence-electron chi connectivity index (χ4n) is 2.22. The topological polar surface area (TPSA) is 89.3 Å². The van der Waals surface area contributed by atoms with Crippen LogP contribution in [0.3, 0.4) is 0 Å². The Morgan fingerprint density at radius 2 is 1.87 bits per heavy atom. The monoisotopic (exact) mass is 330 g/mol. The van der Waals surface area contributed by atoms with Gasteiger partial charge in [-0.25, -0.2) is 8.42 Å². The smallest absolute Gasteiger partial charge is 0.241 e. The van der Waals surface area contributed by atoms with Gasteiger partial charge in [0.05, 0.1) is 4.90 Å². The quantitative estimate of drug-likeness (QED) is 0.794. The van der Waals surface area contributed by atoms with E-state index >= 15 is 0 Å². The molecule has 118 valence electrons. The van der Waals surface area contributed by atoms with E-state index in [-0.39, 0.29) is 10.7 Å². The number of aromatic nitrogens is 1. The van der Waals surface area contributed by atoms with E-state index in [0.29, 0.717) is 5.76 Å². The van der Waals surface area contributed by atoms with Gasteiger partial charge in [-0.3, -0.25) is 4.79 Å². The normalized spacial score (nSPS) is 11.5. The SMILES string of the molecule is Cc1cc(NC(=O)CS(=O)(=O)c2ccc3ccccc3c2)no1. The number of nitrogens with zero attached hydrogens (tertiary/aromatic N) is 1. The summed E-state index contributed by atoms with van der Waals surface area (Å²) >= 11 is 0. The van der Waals surface area contributed by atoms with Gasteiger partial charge in [-0.15, -0.1) is 0 Å². The lowest BCUT2D eigenvalue weighted by Crippen LogP contribution is -2.23. The van der Waals surface area contributed by atoms with E-state index in [0.717, 1.165) is 10.8 Å². The summed E-state index contributed by atoms with van der Waals surface area (Å²) < 4.78 is 29.6. The number of aryl methyl sites for hydroxylation is 1. The highest BCUT2D eigenvalue weighted by Crippen LogP contribution is 2.20. The summed E-state index contributed by atoms with van der Waals surface area (Å²) in [6, 6.07) is 13.7. The molecule has 1 aromatic heterocycles. The van der Waals surface area contributed by atoms with E-state index < -0.39 is 21.5 Å². The summed E-state index contributed by atoms with van der Waals surface area (Å²) in [5, 5.41) is 7.75. The van der Waals surface area contributed by atoms with Crippen molar-refractivity contribution in [2.75, 3.05) is 11.1 Å². The number of hydrogen-bond donors (Lipinski definition) is 1. The minimum absolute atomic E-state index is 0.114. The lowest BCUT2D eigenvalue weighted by atomic mass is 10.1. The van der Waals surface area contributed by atoms with Crippen LogP contribution < -0.4 is 5.32 Å². The van der Waals surface area contributed by atoms with E-state index in [1.165, 1.54) is 12.1 Å². The van der Waals surface area contributed by atoms with Crippen molar-refractivity contribution in [3.63, 3.8) is 0 Å². The highest BCUT2D eigenvalue weighted by molar-refractivity contribution is 7.92. The molecule has 3 aromatic rings. The highest BCUT2D eigenvalue weighted by Gasteiger charge is 2.20. The Balaban J connectivity index is 1.80. The predicted molar refractivity (Wildman–Crippen MR) is 85.9 cm³/mol. The Morgan fingerprint density at radius 3 is 2.57 bits per heavy atom. The van der Waals surface area contributed by atoms with Crippen molar-refractivity contribution in [3.05, 3.63) is 54.3 Å². The van der Waals surface area contributed by atoms with E-state index in [4.69, 9.17) is 4.52 Å². The van der Waals surface area contributed by atoms with E-state index in [1.807, 2.05) is 24.3 Å². The van der Waals surface area contributed by atoms with Gasteiger partial charge in [0.1, 0.15) is 11.5 Å². The summed E-state index contributed by atoms with van der Waals surface area (Å²) in [5.41, 5.74) is 0. The number of fused-ring (bicyclic) bond motifs is 1. The molecule has 0 saturated carbocycles. The minimum Gasteiger partial charge on any atom is -0.360 e. The molecule has 6 nitrogen and oxygen atoms in total. The fraction of sp³-hybridized carbons (Fsp3) is 0.125. The van der Waals surface area contributed by atoms with Crippen molar-refractivity contribution >= 4 is 32.3 Å². The molecule has 1 heterocycles. The lowest BCUT2D eigenvalue weighted by molar-refractivity contribution is -0.113. The van der Waals surface area contributed by atoms with Gasteiger partial charge in [-0.2, -0.15) is 0 Å². The summed E-state index contributed by atoms with van der Waals surface area (Å²) in [6.07, 6.45) is 0. The Kier molecular flexibility index (Phi) is 3.87. The Morgan fingerprint density at radius 1 is 1.13 bits per heavy atom. The van der Waals surface area contributed by atoms with Crippen molar-refractivity contribution in [2.24, 2.45) is 0 Å². The lowest BCUT2D eigenvalue weighted by Gasteiger charge is -2.06. The second-order valence-corrected chi connectivity index (χ2v) is 7.13. The molecule has 0 radical (unpaired) electrons. The van der Waals surface area contributed by atoms with Gasteiger partial charge in [-0.05, 0) is 29.8 Å². The molecule has 0 aliphatic carbocycles. The van der Waals surface area contributed by atoms with Crippen LogP contribution in [-0.4, -0.2) is 25.2 Å². The molecule has 23 heavy (non-hydrogen) atoms. The molecule has 0 fully saturated rings. The molecule has 0 aliphatic heterocycles. The number of sulfone groups is 1. The number of hydrogen-bond acceptors (Lipinski definition) is 5. The molecule has 0 unspecified atom stereocenters. The largest absolute Gasteiger partial charge is 0.360 e. The third kappa shape index (κ3) is 3.40. The molecule has 1 amide bonds. The fourth-order valence-corrected chi connectivity index (χ4v) is 3.39. The maximum atomic E-state index is 12.4. The van der Waals surface area contributed by atoms with Crippen LogP contribution in [0, 0.1) is 6.92 Å². The van der Waals surface area contributed by atoms with Gasteiger partial charge in [0.15, 0.2) is 15.7 Å². The molecule has 0 aliphatic rings. The van der Waals surface area contributed by atoms with E-state index in [1.54, 1.807) is 19.1 Å². The molecule has 1 N–H and O–H groups in total. The van der Waals surface area contributed by atoms with Gasteiger partial charge < -0.3 is 9.84 Å². The number of benzene rings is 2. The van der Waals surface area contributed by atoms with Crippen molar-refractivity contribution < 1.29 is 17.7 Å². The summed E-state index contributed by atoms with van der Waals surface area (Å²) in [4.78, 5) is 12.0. The van der Waals surface area contributed by atoms with Gasteiger partial charge in [0, 0.05) is 6.07 Å². The first kappa shape index (κ1) is 15.2. The Hall–Kier alpha value is -2.67. The zero-order chi connectivity index (χ0) is 16.4. The van der Waals surface area contributed by atoms with Crippen LogP contribution >= 0.6 is 0 Å². The Labute approximate surface area is 133 Å². The number of amides is 1. The second-order valence-electron chi connectivity index (χ2n) is 5.14. The van der Waals surface area contributed by atoms with Crippen LogP contribution in [0.2, 0.25) is 0 Å². The molecule has 0 saturated heterocycles. The first-order valence-electron chi connectivity index (χ1n) is 6.89. The maximum absolute atomic E-state index is 12.4. The van der Waals surface area contributed by atoms with Gasteiger partial charge >= 0.3 is 0 Å². The Bertz CT molecular complexity index is 976. The third-order valence-corrected chi connectivity index (χ3v) is 4.91. The van der Waals surface area contributed by atoms with Crippen LogP contribution in [0.15, 0.2) is 57.9 Å². The van der Waals surface area contributed by atoms with Crippen LogP contribution in [0.25, 0.3) is 10.8 Å². The molecular weight excluding hydrogens is 316 g/mol. The second kappa shape index (κ2) is 5.85. The zero-order valence-corrected chi connectivity index (χ0v) is 13.1. The van der Waals surface area contributed by atoms with Gasteiger partial charge in [-0.1, -0.05) is 35.5 Å². The van der Waals surface area contributed by atoms with E-state index in [2.05, 4.69) is 10.5 Å². The highest BCUT2D eigenvalue weighted by atomic mass is 32.2. The molecule has 0 spiro atoms. The zero-order valence-electron chi connectivity index (χ0n) is 12.3. The number of carbonyl (C=O) groups is 1. The van der Waals surface area contributed by atoms with Crippen LogP contribution in [0.4, 0.5) is 5.82 Å². The number of rotatable bonds is 4. The number of nitrogens with one attached hydrogen (secondary N) is 1. The standard InChI is InChI=1S/C16H14N2O4S/c1-11-8-15(18-22-11)17-16(19)10-23(20,21)14-7-6-12-4-2-3-5-13(12)9-14/h2-9H,10H2,1H3,(H,17,18,19). The van der Waals surface area contributed by atoms with Gasteiger partial charge in [0.2, 0.25) is 5.91 Å². The molecule has 0 bridgehead atoms. The van der Waals surface area contributed by atoms with Crippen molar-refractivity contribution in [1.82, 2.24) is 5.16 Å². The molecule has 7 heteroatoms. The molecule has 0 atom stereocenters. The first-order valence-corrected chi connectivity index (χ1v) is 8.54. The number of carbonyl (C=O) groups excluding carboxylic acids is 1. The van der Waals surface area contributed by atoms with Crippen molar-refractivity contribution in [1.29, 1.82) is 0 Å². The minimum atomic E-state index is -3.73. The average molecular weight is 330 g/mol. The maximum Gasteiger partial charge on any atom is 0.241 e. The molecule has 3 rings (SSSR count). The summed E-state index contributed by atoms with van der Waals surface area (Å²) in [5.74, 6) is -0.595. The van der Waals surface area contributed by atoms with Crippen molar-refractivity contribution in [3.8, 4) is 0 Å². The average Bonchev–Trinajstić information content (AvgIpc) is 2.91.